The van der Waals surface area contributed by atoms with Crippen LogP contribution in [0.15, 0.2) is 28.7 Å². The van der Waals surface area contributed by atoms with Gasteiger partial charge in [-0.15, -0.1) is 0 Å². The number of halogens is 1. The lowest BCUT2D eigenvalue weighted by atomic mass is 10.2. The molecule has 1 nitrogen and oxygen atoms in total. The van der Waals surface area contributed by atoms with Gasteiger partial charge in [-0.05, 0) is 31.9 Å². The lowest BCUT2D eigenvalue weighted by Crippen LogP contribution is -1.77. The molecule has 0 saturated carbocycles. The fourth-order valence-electron chi connectivity index (χ4n) is 1.03. The Morgan fingerprint density at radius 1 is 1.29 bits per heavy atom. The SMILES string of the molecule is CCC/C=C(F)/N=C/C=C(\C)CCC. The van der Waals surface area contributed by atoms with Crippen LogP contribution in [0.5, 0.6) is 0 Å². The molecule has 2 heteroatoms. The second-order valence-electron chi connectivity index (χ2n) is 3.36. The molecule has 0 rings (SSSR count). The molecule has 0 fully saturated rings. The van der Waals surface area contributed by atoms with Crippen molar-refractivity contribution in [1.29, 1.82) is 0 Å². The number of rotatable bonds is 6. The average molecular weight is 197 g/mol. The van der Waals surface area contributed by atoms with Crippen LogP contribution in [-0.4, -0.2) is 6.21 Å². The lowest BCUT2D eigenvalue weighted by Gasteiger charge is -1.92. The molecule has 0 aromatic heterocycles. The maximum Gasteiger partial charge on any atom is 0.208 e. The van der Waals surface area contributed by atoms with Gasteiger partial charge < -0.3 is 0 Å². The van der Waals surface area contributed by atoms with Crippen LogP contribution in [0.4, 0.5) is 4.39 Å². The van der Waals surface area contributed by atoms with Gasteiger partial charge >= 0.3 is 0 Å². The third kappa shape index (κ3) is 7.71. The normalized spacial score (nSPS) is 14.0. The Kier molecular flexibility index (Phi) is 8.10. The molecular formula is C12H20FN. The average Bonchev–Trinajstić information content (AvgIpc) is 2.15. The topological polar surface area (TPSA) is 12.4 Å². The van der Waals surface area contributed by atoms with Crippen LogP contribution in [0, 0.1) is 0 Å². The first-order valence-corrected chi connectivity index (χ1v) is 5.26. The highest BCUT2D eigenvalue weighted by atomic mass is 19.1. The van der Waals surface area contributed by atoms with Crippen molar-refractivity contribution in [1.82, 2.24) is 0 Å². The zero-order valence-corrected chi connectivity index (χ0v) is 9.39. The summed E-state index contributed by atoms with van der Waals surface area (Å²) in [6.07, 6.45) is 8.78. The minimum atomic E-state index is -0.382. The molecule has 0 aromatic carbocycles. The van der Waals surface area contributed by atoms with Crippen LogP contribution in [0.3, 0.4) is 0 Å². The largest absolute Gasteiger partial charge is 0.229 e. The highest BCUT2D eigenvalue weighted by Crippen LogP contribution is 2.03. The van der Waals surface area contributed by atoms with Gasteiger partial charge in [-0.1, -0.05) is 32.3 Å². The minimum Gasteiger partial charge on any atom is -0.229 e. The minimum absolute atomic E-state index is 0.382. The monoisotopic (exact) mass is 197 g/mol. The molecule has 0 heterocycles. The first-order valence-electron chi connectivity index (χ1n) is 5.26. The summed E-state index contributed by atoms with van der Waals surface area (Å²) < 4.78 is 12.9. The highest BCUT2D eigenvalue weighted by molar-refractivity contribution is 5.72. The van der Waals surface area contributed by atoms with Crippen molar-refractivity contribution in [2.24, 2.45) is 4.99 Å². The Bertz CT molecular complexity index is 226. The van der Waals surface area contributed by atoms with Gasteiger partial charge in [-0.3, -0.25) is 0 Å². The van der Waals surface area contributed by atoms with Crippen LogP contribution in [0.1, 0.15) is 46.5 Å². The van der Waals surface area contributed by atoms with Crippen molar-refractivity contribution in [3.05, 3.63) is 23.7 Å². The fourth-order valence-corrected chi connectivity index (χ4v) is 1.03. The third-order valence-electron chi connectivity index (χ3n) is 1.80. The lowest BCUT2D eigenvalue weighted by molar-refractivity contribution is 0.621. The van der Waals surface area contributed by atoms with E-state index in [9.17, 15) is 4.39 Å². The molecule has 80 valence electrons. The van der Waals surface area contributed by atoms with Gasteiger partial charge in [0.2, 0.25) is 5.95 Å². The Morgan fingerprint density at radius 3 is 2.57 bits per heavy atom. The smallest absolute Gasteiger partial charge is 0.208 e. The molecule has 0 bridgehead atoms. The molecule has 0 saturated heterocycles. The van der Waals surface area contributed by atoms with Gasteiger partial charge in [0.15, 0.2) is 0 Å². The standard InChI is InChI=1S/C12H20FN/c1-4-6-8-12(13)14-10-9-11(3)7-5-2/h8-10H,4-7H2,1-3H3/b11-9+,12-8+,14-10+. The molecule has 0 N–H and O–H groups in total. The van der Waals surface area contributed by atoms with Gasteiger partial charge in [0.05, 0.1) is 0 Å². The number of hydrogen-bond donors (Lipinski definition) is 0. The first-order chi connectivity index (χ1) is 6.70. The number of allylic oxidation sites excluding steroid dienone is 3. The van der Waals surface area contributed by atoms with Gasteiger partial charge in [-0.2, -0.15) is 4.39 Å². The van der Waals surface area contributed by atoms with Crippen molar-refractivity contribution in [2.75, 3.05) is 0 Å². The van der Waals surface area contributed by atoms with E-state index in [1.165, 1.54) is 17.9 Å². The van der Waals surface area contributed by atoms with Gasteiger partial charge in [-0.25, -0.2) is 4.99 Å². The maximum absolute atomic E-state index is 12.9. The summed E-state index contributed by atoms with van der Waals surface area (Å²) in [7, 11) is 0. The number of aliphatic imine (C=N–C) groups is 1. The predicted molar refractivity (Wildman–Crippen MR) is 61.3 cm³/mol. The van der Waals surface area contributed by atoms with E-state index in [1.807, 2.05) is 19.9 Å². The van der Waals surface area contributed by atoms with Gasteiger partial charge in [0.1, 0.15) is 0 Å². The van der Waals surface area contributed by atoms with Crippen LogP contribution in [-0.2, 0) is 0 Å². The second kappa shape index (κ2) is 8.67. The molecule has 0 aliphatic rings. The number of nitrogens with zero attached hydrogens (tertiary/aromatic N) is 1. The van der Waals surface area contributed by atoms with Crippen LogP contribution in [0.25, 0.3) is 0 Å². The van der Waals surface area contributed by atoms with E-state index >= 15 is 0 Å². The molecule has 14 heavy (non-hydrogen) atoms. The van der Waals surface area contributed by atoms with E-state index in [0.717, 1.165) is 25.7 Å². The summed E-state index contributed by atoms with van der Waals surface area (Å²) >= 11 is 0. The Labute approximate surface area is 86.4 Å². The van der Waals surface area contributed by atoms with Crippen molar-refractivity contribution in [2.45, 2.75) is 46.5 Å². The van der Waals surface area contributed by atoms with Crippen molar-refractivity contribution >= 4 is 6.21 Å². The molecule has 0 spiro atoms. The second-order valence-corrected chi connectivity index (χ2v) is 3.36. The molecule has 0 aliphatic heterocycles. The zero-order valence-electron chi connectivity index (χ0n) is 9.39. The van der Waals surface area contributed by atoms with E-state index in [0.29, 0.717) is 0 Å². The van der Waals surface area contributed by atoms with Crippen molar-refractivity contribution < 1.29 is 4.39 Å². The first kappa shape index (κ1) is 13.1. The Hall–Kier alpha value is -0.920. The zero-order chi connectivity index (χ0) is 10.8. The van der Waals surface area contributed by atoms with E-state index in [4.69, 9.17) is 0 Å². The quantitative estimate of drug-likeness (QED) is 0.441. The maximum atomic E-state index is 12.9. The molecule has 0 atom stereocenters. The number of unbranched alkanes of at least 4 members (excludes halogenated alkanes) is 1. The fraction of sp³-hybridized carbons (Fsp3) is 0.583. The number of hydrogen-bond acceptors (Lipinski definition) is 1. The van der Waals surface area contributed by atoms with E-state index in [-0.39, 0.29) is 5.95 Å². The van der Waals surface area contributed by atoms with E-state index < -0.39 is 0 Å². The summed E-state index contributed by atoms with van der Waals surface area (Å²) in [4.78, 5) is 3.68. The summed E-state index contributed by atoms with van der Waals surface area (Å²) in [5.74, 6) is -0.382. The predicted octanol–water partition coefficient (Wildman–Crippen LogP) is 4.41. The summed E-state index contributed by atoms with van der Waals surface area (Å²) in [6, 6.07) is 0. The van der Waals surface area contributed by atoms with Gasteiger partial charge in [0.25, 0.3) is 0 Å². The highest BCUT2D eigenvalue weighted by Gasteiger charge is 1.87. The summed E-state index contributed by atoms with van der Waals surface area (Å²) in [5.41, 5.74) is 1.24. The third-order valence-corrected chi connectivity index (χ3v) is 1.80. The molecule has 0 radical (unpaired) electrons. The molecule has 0 aromatic rings. The summed E-state index contributed by atoms with van der Waals surface area (Å²) in [6.45, 7) is 6.16. The molecular weight excluding hydrogens is 177 g/mol. The molecule has 0 aliphatic carbocycles. The summed E-state index contributed by atoms with van der Waals surface area (Å²) in [5, 5.41) is 0. The van der Waals surface area contributed by atoms with Crippen LogP contribution in [0.2, 0.25) is 0 Å². The Morgan fingerprint density at radius 2 is 2.00 bits per heavy atom. The van der Waals surface area contributed by atoms with Gasteiger partial charge in [0, 0.05) is 6.21 Å². The van der Waals surface area contributed by atoms with E-state index in [2.05, 4.69) is 11.9 Å². The van der Waals surface area contributed by atoms with E-state index in [1.54, 1.807) is 0 Å². The van der Waals surface area contributed by atoms with Crippen molar-refractivity contribution in [3.8, 4) is 0 Å². The molecule has 0 unspecified atom stereocenters. The van der Waals surface area contributed by atoms with Crippen molar-refractivity contribution in [3.63, 3.8) is 0 Å². The van der Waals surface area contributed by atoms with Crippen LogP contribution >= 0.6 is 0 Å². The van der Waals surface area contributed by atoms with Crippen LogP contribution < -0.4 is 0 Å². The Balaban J connectivity index is 3.97. The molecule has 0 amide bonds.